The minimum atomic E-state index is -0.178. The Morgan fingerprint density at radius 2 is 2.05 bits per heavy atom. The quantitative estimate of drug-likeness (QED) is 0.856. The van der Waals surface area contributed by atoms with E-state index in [0.717, 1.165) is 17.7 Å². The number of nitrogens with zero attached hydrogens (tertiary/aromatic N) is 2. The van der Waals surface area contributed by atoms with Crippen molar-refractivity contribution < 1.29 is 9.26 Å². The van der Waals surface area contributed by atoms with E-state index >= 15 is 0 Å². The summed E-state index contributed by atoms with van der Waals surface area (Å²) >= 11 is 0. The fourth-order valence-electron chi connectivity index (χ4n) is 2.32. The fraction of sp³-hybridized carbons (Fsp3) is 0.500. The Balaban J connectivity index is 2.03. The van der Waals surface area contributed by atoms with E-state index in [1.807, 2.05) is 24.3 Å². The van der Waals surface area contributed by atoms with Crippen LogP contribution in [0.25, 0.3) is 0 Å². The maximum absolute atomic E-state index is 5.77. The van der Waals surface area contributed by atoms with Gasteiger partial charge < -0.3 is 15.0 Å². The molecule has 0 spiro atoms. The number of ether oxygens (including phenoxy) is 1. The highest BCUT2D eigenvalue weighted by Gasteiger charge is 2.30. The van der Waals surface area contributed by atoms with Gasteiger partial charge in [0.15, 0.2) is 0 Å². The number of methoxy groups -OCH3 is 1. The predicted octanol–water partition coefficient (Wildman–Crippen LogP) is 3.17. The Hall–Kier alpha value is -1.88. The van der Waals surface area contributed by atoms with Crippen molar-refractivity contribution >= 4 is 5.69 Å². The molecule has 2 rings (SSSR count). The van der Waals surface area contributed by atoms with Crippen molar-refractivity contribution in [1.29, 1.82) is 0 Å². The molecule has 0 bridgehead atoms. The molecule has 1 heterocycles. The van der Waals surface area contributed by atoms with E-state index in [1.165, 1.54) is 0 Å². The minimum Gasteiger partial charge on any atom is -0.399 e. The standard InChI is InChI=1S/C16H23N3O2/c1-16(2,3)14(20-4)15-18-13(21-19-15)9-8-11-6-5-7-12(17)10-11/h5-7,10,14H,8-9,17H2,1-4H3. The molecule has 5 nitrogen and oxygen atoms in total. The molecule has 0 saturated heterocycles. The Bertz CT molecular complexity index is 587. The van der Waals surface area contributed by atoms with Gasteiger partial charge in [-0.3, -0.25) is 0 Å². The van der Waals surface area contributed by atoms with Crippen LogP contribution in [0.1, 0.15) is 44.2 Å². The number of nitrogens with two attached hydrogens (primary N) is 1. The number of rotatable bonds is 5. The average molecular weight is 289 g/mol. The number of hydrogen-bond donors (Lipinski definition) is 1. The fourth-order valence-corrected chi connectivity index (χ4v) is 2.32. The zero-order valence-corrected chi connectivity index (χ0v) is 13.1. The molecule has 2 N–H and O–H groups in total. The molecule has 21 heavy (non-hydrogen) atoms. The first-order valence-corrected chi connectivity index (χ1v) is 7.10. The number of aryl methyl sites for hydroxylation is 2. The van der Waals surface area contributed by atoms with E-state index in [-0.39, 0.29) is 11.5 Å². The van der Waals surface area contributed by atoms with Crippen LogP contribution in [0.15, 0.2) is 28.8 Å². The van der Waals surface area contributed by atoms with Crippen molar-refractivity contribution in [2.24, 2.45) is 5.41 Å². The third-order valence-electron chi connectivity index (χ3n) is 3.32. The summed E-state index contributed by atoms with van der Waals surface area (Å²) in [6.45, 7) is 6.26. The third-order valence-corrected chi connectivity index (χ3v) is 3.32. The molecule has 0 aliphatic heterocycles. The summed E-state index contributed by atoms with van der Waals surface area (Å²) in [7, 11) is 1.67. The van der Waals surface area contributed by atoms with Crippen LogP contribution in [0.4, 0.5) is 5.69 Å². The summed E-state index contributed by atoms with van der Waals surface area (Å²) < 4.78 is 10.8. The zero-order chi connectivity index (χ0) is 15.5. The van der Waals surface area contributed by atoms with E-state index < -0.39 is 0 Å². The van der Waals surface area contributed by atoms with Gasteiger partial charge in [0.1, 0.15) is 6.10 Å². The maximum Gasteiger partial charge on any atom is 0.227 e. The van der Waals surface area contributed by atoms with Gasteiger partial charge in [0.2, 0.25) is 11.7 Å². The van der Waals surface area contributed by atoms with Gasteiger partial charge in [0.25, 0.3) is 0 Å². The Morgan fingerprint density at radius 3 is 2.67 bits per heavy atom. The highest BCUT2D eigenvalue weighted by atomic mass is 16.5. The number of aromatic nitrogens is 2. The molecule has 5 heteroatoms. The first-order valence-electron chi connectivity index (χ1n) is 7.10. The number of nitrogen functional groups attached to an aromatic ring is 1. The van der Waals surface area contributed by atoms with Crippen molar-refractivity contribution in [3.8, 4) is 0 Å². The molecule has 1 aromatic carbocycles. The van der Waals surface area contributed by atoms with Crippen LogP contribution < -0.4 is 5.73 Å². The largest absolute Gasteiger partial charge is 0.399 e. The Morgan fingerprint density at radius 1 is 1.29 bits per heavy atom. The number of hydrogen-bond acceptors (Lipinski definition) is 5. The van der Waals surface area contributed by atoms with Gasteiger partial charge in [-0.15, -0.1) is 0 Å². The van der Waals surface area contributed by atoms with E-state index in [9.17, 15) is 0 Å². The Kier molecular flexibility index (Phi) is 4.63. The first kappa shape index (κ1) is 15.5. The monoisotopic (exact) mass is 289 g/mol. The molecular formula is C16H23N3O2. The number of benzene rings is 1. The molecule has 1 unspecified atom stereocenters. The second kappa shape index (κ2) is 6.26. The summed E-state index contributed by atoms with van der Waals surface area (Å²) in [6.07, 6.45) is 1.33. The SMILES string of the molecule is COC(c1noc(CCc2cccc(N)c2)n1)C(C)(C)C. The van der Waals surface area contributed by atoms with Crippen LogP contribution >= 0.6 is 0 Å². The molecule has 0 amide bonds. The Labute approximate surface area is 125 Å². The number of anilines is 1. The van der Waals surface area contributed by atoms with E-state index in [0.29, 0.717) is 18.1 Å². The van der Waals surface area contributed by atoms with Crippen LogP contribution in [0.2, 0.25) is 0 Å². The second-order valence-corrected chi connectivity index (χ2v) is 6.27. The van der Waals surface area contributed by atoms with Crippen LogP contribution in [0, 0.1) is 5.41 Å². The lowest BCUT2D eigenvalue weighted by molar-refractivity contribution is 0.00718. The van der Waals surface area contributed by atoms with Crippen molar-refractivity contribution in [2.45, 2.75) is 39.7 Å². The molecule has 0 saturated carbocycles. The van der Waals surface area contributed by atoms with E-state index in [2.05, 4.69) is 30.9 Å². The molecule has 1 atom stereocenters. The van der Waals surface area contributed by atoms with Crippen LogP contribution in [0.5, 0.6) is 0 Å². The molecule has 0 aliphatic rings. The third kappa shape index (κ3) is 4.04. The molecule has 0 aliphatic carbocycles. The second-order valence-electron chi connectivity index (χ2n) is 6.27. The van der Waals surface area contributed by atoms with Crippen LogP contribution in [-0.2, 0) is 17.6 Å². The van der Waals surface area contributed by atoms with Crippen LogP contribution in [-0.4, -0.2) is 17.3 Å². The highest BCUT2D eigenvalue weighted by molar-refractivity contribution is 5.40. The van der Waals surface area contributed by atoms with Gasteiger partial charge in [0, 0.05) is 19.2 Å². The normalized spacial score (nSPS) is 13.3. The smallest absolute Gasteiger partial charge is 0.227 e. The van der Waals surface area contributed by atoms with Gasteiger partial charge >= 0.3 is 0 Å². The lowest BCUT2D eigenvalue weighted by Crippen LogP contribution is -2.21. The summed E-state index contributed by atoms with van der Waals surface area (Å²) in [5.41, 5.74) is 7.62. The minimum absolute atomic E-state index is 0.0796. The molecular weight excluding hydrogens is 266 g/mol. The summed E-state index contributed by atoms with van der Waals surface area (Å²) in [5, 5.41) is 4.05. The molecule has 114 valence electrons. The van der Waals surface area contributed by atoms with E-state index in [1.54, 1.807) is 7.11 Å². The first-order chi connectivity index (χ1) is 9.90. The molecule has 2 aromatic rings. The topological polar surface area (TPSA) is 74.2 Å². The van der Waals surface area contributed by atoms with Gasteiger partial charge in [0.05, 0.1) is 0 Å². The van der Waals surface area contributed by atoms with Gasteiger partial charge in [-0.2, -0.15) is 4.98 Å². The lowest BCUT2D eigenvalue weighted by Gasteiger charge is -2.26. The van der Waals surface area contributed by atoms with Gasteiger partial charge in [-0.05, 0) is 29.5 Å². The molecule has 0 fully saturated rings. The molecule has 1 aromatic heterocycles. The molecule has 0 radical (unpaired) electrons. The van der Waals surface area contributed by atoms with Crippen molar-refractivity contribution in [1.82, 2.24) is 10.1 Å². The van der Waals surface area contributed by atoms with Crippen molar-refractivity contribution in [3.05, 3.63) is 41.5 Å². The summed E-state index contributed by atoms with van der Waals surface area (Å²) in [4.78, 5) is 4.45. The van der Waals surface area contributed by atoms with E-state index in [4.69, 9.17) is 15.0 Å². The van der Waals surface area contributed by atoms with Gasteiger partial charge in [-0.1, -0.05) is 38.1 Å². The van der Waals surface area contributed by atoms with Gasteiger partial charge in [-0.25, -0.2) is 0 Å². The predicted molar refractivity (Wildman–Crippen MR) is 81.8 cm³/mol. The van der Waals surface area contributed by atoms with Crippen LogP contribution in [0.3, 0.4) is 0 Å². The highest BCUT2D eigenvalue weighted by Crippen LogP contribution is 2.33. The lowest BCUT2D eigenvalue weighted by atomic mass is 9.88. The van der Waals surface area contributed by atoms with Crippen molar-refractivity contribution in [2.75, 3.05) is 12.8 Å². The zero-order valence-electron chi connectivity index (χ0n) is 13.1. The average Bonchev–Trinajstić information content (AvgIpc) is 2.84. The maximum atomic E-state index is 5.77. The summed E-state index contributed by atoms with van der Waals surface area (Å²) in [6, 6.07) is 7.83. The van der Waals surface area contributed by atoms with Crippen molar-refractivity contribution in [3.63, 3.8) is 0 Å². The summed E-state index contributed by atoms with van der Waals surface area (Å²) in [5.74, 6) is 1.23.